The van der Waals surface area contributed by atoms with Crippen LogP contribution in [0.5, 0.6) is 5.75 Å². The molecule has 0 fully saturated rings. The lowest BCUT2D eigenvalue weighted by atomic mass is 10.1. The van der Waals surface area contributed by atoms with E-state index in [-0.39, 0.29) is 34.7 Å². The summed E-state index contributed by atoms with van der Waals surface area (Å²) in [6.45, 7) is 2.06. The molecule has 0 bridgehead atoms. The first-order valence-electron chi connectivity index (χ1n) is 6.18. The van der Waals surface area contributed by atoms with Crippen LogP contribution in [0.3, 0.4) is 0 Å². The van der Waals surface area contributed by atoms with E-state index in [0.717, 1.165) is 0 Å². The summed E-state index contributed by atoms with van der Waals surface area (Å²) in [5, 5.41) is 11.0. The van der Waals surface area contributed by atoms with E-state index in [1.54, 1.807) is 0 Å². The van der Waals surface area contributed by atoms with Crippen molar-refractivity contribution in [3.8, 4) is 5.75 Å². The van der Waals surface area contributed by atoms with Crippen molar-refractivity contribution >= 4 is 37.0 Å². The first kappa shape index (κ1) is 18.0. The van der Waals surface area contributed by atoms with Crippen molar-refractivity contribution in [2.45, 2.75) is 19.8 Å². The van der Waals surface area contributed by atoms with Gasteiger partial charge < -0.3 is 4.74 Å². The predicted octanol–water partition coefficient (Wildman–Crippen LogP) is 3.61. The molecule has 0 saturated heterocycles. The van der Waals surface area contributed by atoms with Crippen LogP contribution in [0.1, 0.15) is 19.8 Å². The highest BCUT2D eigenvalue weighted by Gasteiger charge is 2.18. The van der Waals surface area contributed by atoms with Gasteiger partial charge >= 0.3 is 5.69 Å². The number of benzene rings is 1. The highest BCUT2D eigenvalue weighted by atomic mass is 35.7. The lowest BCUT2D eigenvalue weighted by Crippen LogP contribution is -2.09. The van der Waals surface area contributed by atoms with E-state index in [1.165, 1.54) is 18.2 Å². The van der Waals surface area contributed by atoms with E-state index in [1.807, 2.05) is 6.92 Å². The molecule has 21 heavy (non-hydrogen) atoms. The fraction of sp³-hybridized carbons (Fsp3) is 0.500. The van der Waals surface area contributed by atoms with Crippen LogP contribution < -0.4 is 4.74 Å². The Morgan fingerprint density at radius 3 is 2.62 bits per heavy atom. The Hall–Kier alpha value is -1.05. The molecule has 0 radical (unpaired) electrons. The number of hydrogen-bond donors (Lipinski definition) is 0. The zero-order valence-electron chi connectivity index (χ0n) is 11.3. The third-order valence-corrected chi connectivity index (χ3v) is 4.34. The van der Waals surface area contributed by atoms with E-state index in [0.29, 0.717) is 12.8 Å². The summed E-state index contributed by atoms with van der Waals surface area (Å²) in [5.74, 6) is -0.0245. The van der Waals surface area contributed by atoms with Gasteiger partial charge in [-0.15, -0.1) is 0 Å². The van der Waals surface area contributed by atoms with Gasteiger partial charge in [-0.05, 0) is 24.8 Å². The molecule has 0 aliphatic rings. The second-order valence-electron chi connectivity index (χ2n) is 4.62. The molecule has 0 spiro atoms. The summed E-state index contributed by atoms with van der Waals surface area (Å²) in [5.41, 5.74) is -0.196. The van der Waals surface area contributed by atoms with E-state index in [4.69, 9.17) is 27.0 Å². The van der Waals surface area contributed by atoms with Gasteiger partial charge in [-0.1, -0.05) is 24.6 Å². The van der Waals surface area contributed by atoms with Crippen molar-refractivity contribution in [2.75, 3.05) is 12.4 Å². The SMILES string of the molecule is CC(CCOc1c(Cl)cccc1[N+](=O)[O-])CCS(=O)(=O)Cl. The Morgan fingerprint density at radius 1 is 1.38 bits per heavy atom. The van der Waals surface area contributed by atoms with Crippen molar-refractivity contribution in [1.82, 2.24) is 0 Å². The van der Waals surface area contributed by atoms with Gasteiger partial charge in [0.2, 0.25) is 14.8 Å². The molecule has 6 nitrogen and oxygen atoms in total. The van der Waals surface area contributed by atoms with Gasteiger partial charge in [0.15, 0.2) is 0 Å². The van der Waals surface area contributed by atoms with Gasteiger partial charge in [-0.25, -0.2) is 8.42 Å². The zero-order chi connectivity index (χ0) is 16.0. The largest absolute Gasteiger partial charge is 0.486 e. The van der Waals surface area contributed by atoms with Crippen LogP contribution in [0.2, 0.25) is 5.02 Å². The van der Waals surface area contributed by atoms with E-state index >= 15 is 0 Å². The topological polar surface area (TPSA) is 86.5 Å². The number of rotatable bonds is 8. The van der Waals surface area contributed by atoms with E-state index in [2.05, 4.69) is 0 Å². The van der Waals surface area contributed by atoms with Crippen molar-refractivity contribution in [2.24, 2.45) is 5.92 Å². The van der Waals surface area contributed by atoms with Crippen LogP contribution >= 0.6 is 22.3 Å². The molecule has 1 rings (SSSR count). The number of nitro benzene ring substituents is 1. The van der Waals surface area contributed by atoms with Crippen molar-refractivity contribution in [3.05, 3.63) is 33.3 Å². The van der Waals surface area contributed by atoms with Crippen molar-refractivity contribution in [3.63, 3.8) is 0 Å². The normalized spacial score (nSPS) is 12.9. The average Bonchev–Trinajstić information content (AvgIpc) is 2.37. The highest BCUT2D eigenvalue weighted by Crippen LogP contribution is 2.34. The number of para-hydroxylation sites is 1. The summed E-state index contributed by atoms with van der Waals surface area (Å²) in [7, 11) is 1.63. The Bertz CT molecular complexity index is 606. The van der Waals surface area contributed by atoms with Crippen molar-refractivity contribution < 1.29 is 18.1 Å². The standard InChI is InChI=1S/C12H15Cl2NO5S/c1-9(6-8-21(14,18)19)5-7-20-12-10(13)3-2-4-11(12)15(16)17/h2-4,9H,5-8H2,1H3. The number of nitrogens with zero attached hydrogens (tertiary/aromatic N) is 1. The van der Waals surface area contributed by atoms with Crippen LogP contribution in [-0.2, 0) is 9.05 Å². The molecule has 0 amide bonds. The molecule has 0 saturated carbocycles. The first-order chi connectivity index (χ1) is 9.70. The summed E-state index contributed by atoms with van der Waals surface area (Å²) in [6.07, 6.45) is 0.939. The minimum Gasteiger partial charge on any atom is -0.486 e. The third-order valence-electron chi connectivity index (χ3n) is 2.85. The fourth-order valence-electron chi connectivity index (χ4n) is 1.63. The van der Waals surface area contributed by atoms with Gasteiger partial charge in [0.1, 0.15) is 0 Å². The Balaban J connectivity index is 2.55. The summed E-state index contributed by atoms with van der Waals surface area (Å²) >= 11 is 5.88. The number of nitro groups is 1. The fourth-order valence-corrected chi connectivity index (χ4v) is 2.81. The molecule has 1 aromatic rings. The number of halogens is 2. The highest BCUT2D eigenvalue weighted by molar-refractivity contribution is 8.13. The van der Waals surface area contributed by atoms with Gasteiger partial charge in [0.05, 0.1) is 22.3 Å². The third kappa shape index (κ3) is 6.50. The summed E-state index contributed by atoms with van der Waals surface area (Å²) in [6, 6.07) is 4.29. The second-order valence-corrected chi connectivity index (χ2v) is 7.92. The van der Waals surface area contributed by atoms with E-state index < -0.39 is 14.0 Å². The van der Waals surface area contributed by atoms with Crippen LogP contribution in [-0.4, -0.2) is 25.7 Å². The maximum Gasteiger partial charge on any atom is 0.312 e. The van der Waals surface area contributed by atoms with Gasteiger partial charge in [-0.3, -0.25) is 10.1 Å². The molecule has 1 unspecified atom stereocenters. The Kier molecular flexibility index (Phi) is 6.70. The summed E-state index contributed by atoms with van der Waals surface area (Å²) in [4.78, 5) is 10.3. The van der Waals surface area contributed by atoms with Gasteiger partial charge in [-0.2, -0.15) is 0 Å². The Morgan fingerprint density at radius 2 is 2.05 bits per heavy atom. The first-order valence-corrected chi connectivity index (χ1v) is 9.04. The summed E-state index contributed by atoms with van der Waals surface area (Å²) < 4.78 is 27.0. The van der Waals surface area contributed by atoms with Crippen LogP contribution in [0.15, 0.2) is 18.2 Å². The molecule has 0 aliphatic heterocycles. The maximum atomic E-state index is 10.9. The van der Waals surface area contributed by atoms with Crippen LogP contribution in [0.25, 0.3) is 0 Å². The number of hydrogen-bond acceptors (Lipinski definition) is 5. The maximum absolute atomic E-state index is 10.9. The zero-order valence-corrected chi connectivity index (χ0v) is 13.6. The minimum absolute atomic E-state index is 0.0290. The Labute approximate surface area is 132 Å². The molecule has 0 aliphatic carbocycles. The van der Waals surface area contributed by atoms with Crippen LogP contribution in [0, 0.1) is 16.0 Å². The predicted molar refractivity (Wildman–Crippen MR) is 81.6 cm³/mol. The second kappa shape index (κ2) is 7.82. The smallest absolute Gasteiger partial charge is 0.312 e. The molecule has 0 heterocycles. The molecular formula is C12H15Cl2NO5S. The monoisotopic (exact) mass is 355 g/mol. The molecule has 118 valence electrons. The van der Waals surface area contributed by atoms with Crippen molar-refractivity contribution in [1.29, 1.82) is 0 Å². The molecule has 0 N–H and O–H groups in total. The average molecular weight is 356 g/mol. The lowest BCUT2D eigenvalue weighted by Gasteiger charge is -2.12. The van der Waals surface area contributed by atoms with E-state index in [9.17, 15) is 18.5 Å². The van der Waals surface area contributed by atoms with Gasteiger partial charge in [0.25, 0.3) is 0 Å². The molecule has 1 atom stereocenters. The molecular weight excluding hydrogens is 341 g/mol. The molecule has 9 heteroatoms. The quantitative estimate of drug-likeness (QED) is 0.403. The van der Waals surface area contributed by atoms with Crippen LogP contribution in [0.4, 0.5) is 5.69 Å². The minimum atomic E-state index is -3.50. The lowest BCUT2D eigenvalue weighted by molar-refractivity contribution is -0.385. The van der Waals surface area contributed by atoms with Gasteiger partial charge in [0, 0.05) is 16.7 Å². The number of ether oxygens (including phenoxy) is 1. The molecule has 1 aromatic carbocycles. The molecule has 0 aromatic heterocycles.